The lowest BCUT2D eigenvalue weighted by atomic mass is 9.97. The zero-order valence-corrected chi connectivity index (χ0v) is 12.7. The van der Waals surface area contributed by atoms with Gasteiger partial charge in [-0.3, -0.25) is 0 Å². The van der Waals surface area contributed by atoms with Crippen LogP contribution in [0.25, 0.3) is 0 Å². The topological polar surface area (TPSA) is 21.3 Å². The zero-order chi connectivity index (χ0) is 14.4. The molecule has 0 saturated carbocycles. The van der Waals surface area contributed by atoms with Crippen LogP contribution < -0.4 is 5.32 Å². The van der Waals surface area contributed by atoms with Crippen molar-refractivity contribution in [2.45, 2.75) is 12.5 Å². The van der Waals surface area contributed by atoms with Crippen LogP contribution in [0.2, 0.25) is 5.02 Å². The van der Waals surface area contributed by atoms with Crippen molar-refractivity contribution in [3.8, 4) is 0 Å². The number of hydrogen-bond acceptors (Lipinski definition) is 2. The lowest BCUT2D eigenvalue weighted by molar-refractivity contribution is 0.202. The molecule has 0 saturated heterocycles. The van der Waals surface area contributed by atoms with Crippen molar-refractivity contribution in [1.29, 1.82) is 0 Å². The van der Waals surface area contributed by atoms with Gasteiger partial charge < -0.3 is 10.1 Å². The molecule has 1 N–H and O–H groups in total. The fourth-order valence-corrected chi connectivity index (χ4v) is 2.55. The molecular formula is C17H20ClNO. The molecule has 0 bridgehead atoms. The number of methoxy groups -OCH3 is 1. The highest BCUT2D eigenvalue weighted by Gasteiger charge is 2.14. The van der Waals surface area contributed by atoms with Crippen molar-refractivity contribution in [1.82, 2.24) is 5.32 Å². The molecule has 3 heteroatoms. The van der Waals surface area contributed by atoms with Crippen LogP contribution in [-0.2, 0) is 11.2 Å². The van der Waals surface area contributed by atoms with E-state index in [1.54, 1.807) is 7.11 Å². The Balaban J connectivity index is 2.22. The molecule has 2 aromatic carbocycles. The first-order valence-electron chi connectivity index (χ1n) is 6.75. The molecule has 0 amide bonds. The molecule has 0 aromatic heterocycles. The number of ether oxygens (including phenoxy) is 1. The summed E-state index contributed by atoms with van der Waals surface area (Å²) in [5.41, 5.74) is 3.59. The maximum atomic E-state index is 6.29. The Labute approximate surface area is 125 Å². The summed E-state index contributed by atoms with van der Waals surface area (Å²) >= 11 is 6.29. The third kappa shape index (κ3) is 3.60. The molecule has 0 aliphatic heterocycles. The lowest BCUT2D eigenvalue weighted by Crippen LogP contribution is -2.18. The van der Waals surface area contributed by atoms with Crippen LogP contribution >= 0.6 is 11.6 Å². The highest BCUT2D eigenvalue weighted by atomic mass is 35.5. The first kappa shape index (κ1) is 15.0. The van der Waals surface area contributed by atoms with Gasteiger partial charge in [0.15, 0.2) is 0 Å². The first-order valence-corrected chi connectivity index (χ1v) is 7.13. The van der Waals surface area contributed by atoms with Gasteiger partial charge in [0.25, 0.3) is 0 Å². The summed E-state index contributed by atoms with van der Waals surface area (Å²) in [6, 6.07) is 16.7. The van der Waals surface area contributed by atoms with E-state index < -0.39 is 0 Å². The minimum absolute atomic E-state index is 0.111. The van der Waals surface area contributed by atoms with Gasteiger partial charge in [-0.2, -0.15) is 0 Å². The number of hydrogen-bond donors (Lipinski definition) is 1. The molecular weight excluding hydrogens is 270 g/mol. The summed E-state index contributed by atoms with van der Waals surface area (Å²) in [7, 11) is 3.68. The molecule has 1 atom stereocenters. The molecule has 1 unspecified atom stereocenters. The fraction of sp³-hybridized carbons (Fsp3) is 0.294. The quantitative estimate of drug-likeness (QED) is 0.872. The van der Waals surface area contributed by atoms with E-state index in [1.165, 1.54) is 11.1 Å². The van der Waals surface area contributed by atoms with Gasteiger partial charge in [0, 0.05) is 12.1 Å². The maximum Gasteiger partial charge on any atom is 0.0589 e. The molecule has 0 fully saturated rings. The predicted octanol–water partition coefficient (Wildman–Crippen LogP) is 3.84. The van der Waals surface area contributed by atoms with E-state index in [9.17, 15) is 0 Å². The maximum absolute atomic E-state index is 6.29. The summed E-state index contributed by atoms with van der Waals surface area (Å²) in [6.07, 6.45) is 0.938. The van der Waals surface area contributed by atoms with Crippen molar-refractivity contribution >= 4 is 11.6 Å². The number of benzene rings is 2. The van der Waals surface area contributed by atoms with E-state index in [1.807, 2.05) is 25.2 Å². The van der Waals surface area contributed by atoms with Crippen molar-refractivity contribution in [2.75, 3.05) is 20.8 Å². The molecule has 0 spiro atoms. The summed E-state index contributed by atoms with van der Waals surface area (Å²) in [4.78, 5) is 0. The standard InChI is InChI=1S/C17H20ClNO/c1-19-17(15-5-3-4-6-16(15)18)14-9-7-13(8-10-14)11-12-20-2/h3-10,17,19H,11-12H2,1-2H3. The van der Waals surface area contributed by atoms with Crippen molar-refractivity contribution < 1.29 is 4.74 Å². The predicted molar refractivity (Wildman–Crippen MR) is 84.4 cm³/mol. The van der Waals surface area contributed by atoms with Crippen LogP contribution in [-0.4, -0.2) is 20.8 Å². The van der Waals surface area contributed by atoms with Gasteiger partial charge in [-0.05, 0) is 36.2 Å². The molecule has 2 aromatic rings. The van der Waals surface area contributed by atoms with Crippen molar-refractivity contribution in [2.24, 2.45) is 0 Å². The zero-order valence-electron chi connectivity index (χ0n) is 11.9. The Hall–Kier alpha value is -1.35. The van der Waals surface area contributed by atoms with Gasteiger partial charge in [-0.25, -0.2) is 0 Å². The average molecular weight is 290 g/mol. The van der Waals surface area contributed by atoms with E-state index in [-0.39, 0.29) is 6.04 Å². The molecule has 0 aliphatic carbocycles. The van der Waals surface area contributed by atoms with E-state index in [0.717, 1.165) is 23.6 Å². The van der Waals surface area contributed by atoms with Gasteiger partial charge in [0.2, 0.25) is 0 Å². The second kappa shape index (κ2) is 7.44. The normalized spacial score (nSPS) is 12.3. The fourth-order valence-electron chi connectivity index (χ4n) is 2.31. The number of halogens is 1. The molecule has 106 valence electrons. The van der Waals surface area contributed by atoms with E-state index in [0.29, 0.717) is 0 Å². The Morgan fingerprint density at radius 2 is 1.80 bits per heavy atom. The van der Waals surface area contributed by atoms with Crippen LogP contribution in [0.5, 0.6) is 0 Å². The summed E-state index contributed by atoms with van der Waals surface area (Å²) in [5, 5.41) is 4.12. The highest BCUT2D eigenvalue weighted by Crippen LogP contribution is 2.28. The van der Waals surface area contributed by atoms with Gasteiger partial charge >= 0.3 is 0 Å². The van der Waals surface area contributed by atoms with Gasteiger partial charge in [-0.1, -0.05) is 54.1 Å². The average Bonchev–Trinajstić information content (AvgIpc) is 2.49. The first-order chi connectivity index (χ1) is 9.76. The Morgan fingerprint density at radius 3 is 2.40 bits per heavy atom. The van der Waals surface area contributed by atoms with Crippen molar-refractivity contribution in [3.05, 3.63) is 70.2 Å². The number of rotatable bonds is 6. The summed E-state index contributed by atoms with van der Waals surface area (Å²) < 4.78 is 5.10. The van der Waals surface area contributed by atoms with E-state index in [2.05, 4.69) is 35.6 Å². The molecule has 2 nitrogen and oxygen atoms in total. The second-order valence-electron chi connectivity index (χ2n) is 4.73. The molecule has 0 aliphatic rings. The van der Waals surface area contributed by atoms with Gasteiger partial charge in [0.1, 0.15) is 0 Å². The minimum atomic E-state index is 0.111. The van der Waals surface area contributed by atoms with Crippen LogP contribution in [0.3, 0.4) is 0 Å². The second-order valence-corrected chi connectivity index (χ2v) is 5.13. The Kier molecular flexibility index (Phi) is 5.60. The molecule has 0 radical (unpaired) electrons. The Bertz CT molecular complexity index is 539. The molecule has 20 heavy (non-hydrogen) atoms. The lowest BCUT2D eigenvalue weighted by Gasteiger charge is -2.19. The number of nitrogens with one attached hydrogen (secondary N) is 1. The molecule has 2 rings (SSSR count). The SMILES string of the molecule is CNC(c1ccc(CCOC)cc1)c1ccccc1Cl. The largest absolute Gasteiger partial charge is 0.384 e. The summed E-state index contributed by atoms with van der Waals surface area (Å²) in [5.74, 6) is 0. The minimum Gasteiger partial charge on any atom is -0.384 e. The van der Waals surface area contributed by atoms with Crippen molar-refractivity contribution in [3.63, 3.8) is 0 Å². The van der Waals surface area contributed by atoms with Gasteiger partial charge in [0.05, 0.1) is 12.6 Å². The third-order valence-electron chi connectivity index (χ3n) is 3.41. The van der Waals surface area contributed by atoms with Crippen LogP contribution in [0.4, 0.5) is 0 Å². The third-order valence-corrected chi connectivity index (χ3v) is 3.76. The Morgan fingerprint density at radius 1 is 1.10 bits per heavy atom. The highest BCUT2D eigenvalue weighted by molar-refractivity contribution is 6.31. The van der Waals surface area contributed by atoms with E-state index in [4.69, 9.17) is 16.3 Å². The molecule has 0 heterocycles. The monoisotopic (exact) mass is 289 g/mol. The smallest absolute Gasteiger partial charge is 0.0589 e. The van der Waals surface area contributed by atoms with Crippen LogP contribution in [0, 0.1) is 0 Å². The van der Waals surface area contributed by atoms with Crippen LogP contribution in [0.1, 0.15) is 22.7 Å². The van der Waals surface area contributed by atoms with E-state index >= 15 is 0 Å². The summed E-state index contributed by atoms with van der Waals surface area (Å²) in [6.45, 7) is 0.749. The van der Waals surface area contributed by atoms with Crippen LogP contribution in [0.15, 0.2) is 48.5 Å². The van der Waals surface area contributed by atoms with Gasteiger partial charge in [-0.15, -0.1) is 0 Å².